The Labute approximate surface area is 180 Å². The summed E-state index contributed by atoms with van der Waals surface area (Å²) in [4.78, 5) is 14.0. The zero-order valence-electron chi connectivity index (χ0n) is 15.8. The second-order valence-corrected chi connectivity index (χ2v) is 7.97. The minimum atomic E-state index is -0.329. The fraction of sp³-hybridized carbons (Fsp3) is 0.318. The van der Waals surface area contributed by atoms with Crippen molar-refractivity contribution in [2.24, 2.45) is 0 Å². The summed E-state index contributed by atoms with van der Waals surface area (Å²) in [7, 11) is 0. The lowest BCUT2D eigenvalue weighted by molar-refractivity contribution is -0.0641. The Morgan fingerprint density at radius 1 is 1.17 bits per heavy atom. The molecule has 0 spiro atoms. The van der Waals surface area contributed by atoms with Crippen LogP contribution in [-0.2, 0) is 9.47 Å². The number of hydrogen-bond donors (Lipinski definition) is 1. The molecule has 2 aliphatic heterocycles. The predicted molar refractivity (Wildman–Crippen MR) is 113 cm³/mol. The molecule has 0 aromatic heterocycles. The molecule has 1 unspecified atom stereocenters. The van der Waals surface area contributed by atoms with E-state index in [9.17, 15) is 4.79 Å². The molecule has 2 heterocycles. The van der Waals surface area contributed by atoms with Gasteiger partial charge in [0.25, 0.3) is 0 Å². The van der Waals surface area contributed by atoms with E-state index in [-0.39, 0.29) is 18.2 Å². The van der Waals surface area contributed by atoms with Crippen LogP contribution < -0.4 is 5.32 Å². The van der Waals surface area contributed by atoms with Crippen LogP contribution in [-0.4, -0.2) is 36.7 Å². The van der Waals surface area contributed by atoms with Crippen LogP contribution in [0.2, 0.25) is 10.0 Å². The summed E-state index contributed by atoms with van der Waals surface area (Å²) in [5.41, 5.74) is 1.86. The smallest absolute Gasteiger partial charge is 0.321 e. The lowest BCUT2D eigenvalue weighted by Gasteiger charge is -2.40. The lowest BCUT2D eigenvalue weighted by atomic mass is 10.0. The van der Waals surface area contributed by atoms with Crippen LogP contribution in [0.25, 0.3) is 0 Å². The highest BCUT2D eigenvalue weighted by atomic mass is 35.5. The molecule has 2 aromatic carbocycles. The summed E-state index contributed by atoms with van der Waals surface area (Å²) in [5.74, 6) is 0.827. The second-order valence-electron chi connectivity index (χ2n) is 7.13. The van der Waals surface area contributed by atoms with Gasteiger partial charge < -0.3 is 19.7 Å². The molecule has 2 aromatic rings. The number of benzene rings is 2. The highest BCUT2D eigenvalue weighted by Crippen LogP contribution is 2.34. The highest BCUT2D eigenvalue weighted by molar-refractivity contribution is 6.31. The molecule has 1 atom stereocenters. The van der Waals surface area contributed by atoms with Gasteiger partial charge in [0, 0.05) is 28.2 Å². The fourth-order valence-electron chi connectivity index (χ4n) is 3.41. The molecule has 2 fully saturated rings. The number of allylic oxidation sites excluding steroid dienone is 1. The van der Waals surface area contributed by atoms with Gasteiger partial charge in [0.2, 0.25) is 0 Å². The van der Waals surface area contributed by atoms with E-state index >= 15 is 0 Å². The standard InChI is InChI=1S/C22H22Cl2N2O3/c23-16-9-7-15(8-10-16)21(19-5-1-2-6-20(19)24)29-18-13-26(14-18)22(27)25-12-17-4-3-11-28-17/h1-2,5-10,12,18,21H,3-4,11,13-14H2,(H,25,27). The first-order chi connectivity index (χ1) is 14.1. The van der Waals surface area contributed by atoms with Crippen molar-refractivity contribution in [3.8, 4) is 0 Å². The van der Waals surface area contributed by atoms with E-state index in [0.29, 0.717) is 23.1 Å². The van der Waals surface area contributed by atoms with Crippen LogP contribution in [0, 0.1) is 0 Å². The van der Waals surface area contributed by atoms with Gasteiger partial charge in [-0.05, 0) is 30.2 Å². The van der Waals surface area contributed by atoms with E-state index in [1.807, 2.05) is 48.5 Å². The van der Waals surface area contributed by atoms with Crippen LogP contribution in [0.15, 0.2) is 60.5 Å². The summed E-state index contributed by atoms with van der Waals surface area (Å²) in [6.45, 7) is 1.75. The molecule has 152 valence electrons. The average molecular weight is 433 g/mol. The quantitative estimate of drug-likeness (QED) is 0.710. The van der Waals surface area contributed by atoms with Crippen molar-refractivity contribution in [1.82, 2.24) is 10.2 Å². The van der Waals surface area contributed by atoms with E-state index in [0.717, 1.165) is 36.3 Å². The topological polar surface area (TPSA) is 50.8 Å². The number of urea groups is 1. The van der Waals surface area contributed by atoms with Gasteiger partial charge in [-0.3, -0.25) is 0 Å². The maximum absolute atomic E-state index is 12.3. The summed E-state index contributed by atoms with van der Waals surface area (Å²) >= 11 is 12.5. The van der Waals surface area contributed by atoms with Crippen LogP contribution in [0.4, 0.5) is 4.79 Å². The molecule has 2 saturated heterocycles. The number of carbonyl (C=O) groups excluding carboxylic acids is 1. The van der Waals surface area contributed by atoms with Crippen molar-refractivity contribution < 1.29 is 14.3 Å². The summed E-state index contributed by atoms with van der Waals surface area (Å²) < 4.78 is 11.8. The molecule has 2 amide bonds. The Bertz CT molecular complexity index is 887. The van der Waals surface area contributed by atoms with E-state index < -0.39 is 0 Å². The number of likely N-dealkylation sites (tertiary alicyclic amines) is 1. The molecule has 29 heavy (non-hydrogen) atoms. The third-order valence-electron chi connectivity index (χ3n) is 5.04. The number of nitrogens with zero attached hydrogens (tertiary/aromatic N) is 1. The Kier molecular flexibility index (Phi) is 6.28. The third kappa shape index (κ3) is 4.86. The molecule has 0 bridgehead atoms. The Balaban J connectivity index is 1.40. The van der Waals surface area contributed by atoms with Gasteiger partial charge in [-0.15, -0.1) is 0 Å². The maximum atomic E-state index is 12.3. The number of amides is 2. The van der Waals surface area contributed by atoms with E-state index in [2.05, 4.69) is 5.32 Å². The van der Waals surface area contributed by atoms with Gasteiger partial charge in [0.1, 0.15) is 11.9 Å². The zero-order valence-corrected chi connectivity index (χ0v) is 17.3. The van der Waals surface area contributed by atoms with Gasteiger partial charge in [-0.2, -0.15) is 0 Å². The number of ether oxygens (including phenoxy) is 2. The Morgan fingerprint density at radius 2 is 1.93 bits per heavy atom. The van der Waals surface area contributed by atoms with Crippen molar-refractivity contribution in [1.29, 1.82) is 0 Å². The number of nitrogens with one attached hydrogen (secondary N) is 1. The minimum absolute atomic E-state index is 0.0758. The molecule has 5 nitrogen and oxygen atoms in total. The van der Waals surface area contributed by atoms with Crippen molar-refractivity contribution >= 4 is 29.2 Å². The normalized spacial score (nSPS) is 19.0. The van der Waals surface area contributed by atoms with Crippen LogP contribution in [0.5, 0.6) is 0 Å². The molecule has 1 N–H and O–H groups in total. The molecule has 0 saturated carbocycles. The van der Waals surface area contributed by atoms with Gasteiger partial charge in [-0.25, -0.2) is 4.79 Å². The van der Waals surface area contributed by atoms with E-state index in [4.69, 9.17) is 32.7 Å². The van der Waals surface area contributed by atoms with Gasteiger partial charge in [0.05, 0.1) is 25.8 Å². The Hall–Kier alpha value is -2.21. The zero-order chi connectivity index (χ0) is 20.2. The lowest BCUT2D eigenvalue weighted by Crippen LogP contribution is -2.57. The average Bonchev–Trinajstić information content (AvgIpc) is 3.21. The molecule has 4 rings (SSSR count). The van der Waals surface area contributed by atoms with Crippen LogP contribution in [0.1, 0.15) is 30.1 Å². The van der Waals surface area contributed by atoms with Gasteiger partial charge in [-0.1, -0.05) is 53.5 Å². The van der Waals surface area contributed by atoms with Crippen LogP contribution in [0.3, 0.4) is 0 Å². The molecular weight excluding hydrogens is 411 g/mol. The summed E-state index contributed by atoms with van der Waals surface area (Å²) in [6.07, 6.45) is 3.12. The van der Waals surface area contributed by atoms with Gasteiger partial charge in [0.15, 0.2) is 0 Å². The third-order valence-corrected chi connectivity index (χ3v) is 5.63. The number of halogens is 2. The summed E-state index contributed by atoms with van der Waals surface area (Å²) in [5, 5.41) is 4.10. The SMILES string of the molecule is O=C(NC=C1CCCO1)N1CC(OC(c2ccc(Cl)cc2)c2ccccc2Cl)C1. The largest absolute Gasteiger partial charge is 0.496 e. The molecule has 2 aliphatic rings. The van der Waals surface area contributed by atoms with Crippen LogP contribution >= 0.6 is 23.2 Å². The number of hydrogen-bond acceptors (Lipinski definition) is 3. The molecular formula is C22H22Cl2N2O3. The van der Waals surface area contributed by atoms with Crippen molar-refractivity contribution in [3.63, 3.8) is 0 Å². The minimum Gasteiger partial charge on any atom is -0.496 e. The molecule has 0 radical (unpaired) electrons. The predicted octanol–water partition coefficient (Wildman–Crippen LogP) is 5.15. The monoisotopic (exact) mass is 432 g/mol. The van der Waals surface area contributed by atoms with Crippen molar-refractivity contribution in [3.05, 3.63) is 81.7 Å². The fourth-order valence-corrected chi connectivity index (χ4v) is 3.77. The highest BCUT2D eigenvalue weighted by Gasteiger charge is 2.34. The number of carbonyl (C=O) groups is 1. The molecule has 7 heteroatoms. The van der Waals surface area contributed by atoms with Crippen molar-refractivity contribution in [2.45, 2.75) is 25.0 Å². The first kappa shape index (κ1) is 20.1. The molecule has 0 aliphatic carbocycles. The first-order valence-corrected chi connectivity index (χ1v) is 10.4. The van der Waals surface area contributed by atoms with Gasteiger partial charge >= 0.3 is 6.03 Å². The van der Waals surface area contributed by atoms with E-state index in [1.54, 1.807) is 11.1 Å². The van der Waals surface area contributed by atoms with Crippen molar-refractivity contribution in [2.75, 3.05) is 19.7 Å². The summed E-state index contributed by atoms with van der Waals surface area (Å²) in [6, 6.07) is 15.0. The van der Waals surface area contributed by atoms with E-state index in [1.165, 1.54) is 0 Å². The Morgan fingerprint density at radius 3 is 2.62 bits per heavy atom. The number of rotatable bonds is 5. The first-order valence-electron chi connectivity index (χ1n) is 9.63. The second kappa shape index (κ2) is 9.08. The maximum Gasteiger partial charge on any atom is 0.321 e.